The first-order chi connectivity index (χ1) is 25.4. The fourth-order valence-electron chi connectivity index (χ4n) is 9.06. The Balaban J connectivity index is 1.17. The fraction of sp³-hybridized carbons (Fsp3) is 0.0638. The smallest absolute Gasteiger partial charge is 0.188 e. The van der Waals surface area contributed by atoms with Gasteiger partial charge in [-0.15, -0.1) is 0 Å². The van der Waals surface area contributed by atoms with Gasteiger partial charge in [-0.2, -0.15) is 0 Å². The zero-order chi connectivity index (χ0) is 34.9. The van der Waals surface area contributed by atoms with Crippen molar-refractivity contribution in [2.45, 2.75) is 19.3 Å². The number of aromatic nitrogens is 2. The molecule has 0 saturated heterocycles. The van der Waals surface area contributed by atoms with Crippen LogP contribution in [0.5, 0.6) is 0 Å². The minimum Gasteiger partial charge on any atom is -0.456 e. The standard InChI is InChI=1S/C47H28N4O/c1-47(2)38-11-7-5-9-31(38)33-17-20-42-45(46(33)47)37-24-28(49-4)14-19-41(37)51(42)30-16-22-44-36(26-30)35-25-29(15-21-43(35)52-44)50-39-12-8-6-10-32(39)34-23-27(48-3)13-18-40(34)50/h5-26H,1-2H3. The van der Waals surface area contributed by atoms with E-state index >= 15 is 0 Å². The Morgan fingerprint density at radius 2 is 1.08 bits per heavy atom. The molecule has 1 aliphatic rings. The molecule has 0 radical (unpaired) electrons. The first-order valence-corrected chi connectivity index (χ1v) is 17.4. The second kappa shape index (κ2) is 10.0. The third-order valence-corrected chi connectivity index (χ3v) is 11.3. The van der Waals surface area contributed by atoms with E-state index in [4.69, 9.17) is 17.6 Å². The quantitative estimate of drug-likeness (QED) is 0.169. The van der Waals surface area contributed by atoms with E-state index in [-0.39, 0.29) is 5.41 Å². The normalized spacial score (nSPS) is 13.3. The van der Waals surface area contributed by atoms with Crippen molar-refractivity contribution in [3.8, 4) is 22.5 Å². The van der Waals surface area contributed by atoms with E-state index in [0.717, 1.165) is 71.5 Å². The average molecular weight is 665 g/mol. The summed E-state index contributed by atoms with van der Waals surface area (Å²) < 4.78 is 11.1. The molecule has 11 rings (SSSR count). The van der Waals surface area contributed by atoms with Crippen LogP contribution in [0.25, 0.3) is 97.7 Å². The minimum absolute atomic E-state index is 0.204. The molecule has 0 N–H and O–H groups in total. The molecule has 0 spiro atoms. The van der Waals surface area contributed by atoms with E-state index in [1.165, 1.54) is 27.6 Å². The first-order valence-electron chi connectivity index (χ1n) is 17.4. The number of furan rings is 1. The second-order valence-corrected chi connectivity index (χ2v) is 14.3. The first kappa shape index (κ1) is 28.7. The number of nitrogens with zero attached hydrogens (tertiary/aromatic N) is 4. The van der Waals surface area contributed by atoms with Crippen LogP contribution < -0.4 is 0 Å². The molecule has 0 atom stereocenters. The number of hydrogen-bond acceptors (Lipinski definition) is 1. The predicted molar refractivity (Wildman–Crippen MR) is 212 cm³/mol. The lowest BCUT2D eigenvalue weighted by molar-refractivity contribution is 0.666. The molecule has 7 aromatic carbocycles. The maximum absolute atomic E-state index is 7.85. The predicted octanol–water partition coefficient (Wildman–Crippen LogP) is 13.2. The number of fused-ring (bicyclic) bond motifs is 13. The molecule has 0 unspecified atom stereocenters. The van der Waals surface area contributed by atoms with Gasteiger partial charge in [0, 0.05) is 38.3 Å². The summed E-state index contributed by atoms with van der Waals surface area (Å²) in [5.74, 6) is 0. The fourth-order valence-corrected chi connectivity index (χ4v) is 9.06. The lowest BCUT2D eigenvalue weighted by atomic mass is 9.80. The van der Waals surface area contributed by atoms with E-state index in [2.05, 4.69) is 148 Å². The van der Waals surface area contributed by atoms with Crippen LogP contribution in [0.3, 0.4) is 0 Å². The van der Waals surface area contributed by atoms with Crippen LogP contribution >= 0.6 is 0 Å². The van der Waals surface area contributed by atoms with Crippen molar-refractivity contribution >= 4 is 76.9 Å². The Kier molecular flexibility index (Phi) is 5.53. The Labute approximate surface area is 298 Å². The number of para-hydroxylation sites is 1. The molecular formula is C47H28N4O. The van der Waals surface area contributed by atoms with E-state index < -0.39 is 0 Å². The molecule has 0 bridgehead atoms. The third kappa shape index (κ3) is 3.64. The summed E-state index contributed by atoms with van der Waals surface area (Å²) in [4.78, 5) is 7.54. The van der Waals surface area contributed by atoms with Crippen molar-refractivity contribution in [3.05, 3.63) is 167 Å². The maximum Gasteiger partial charge on any atom is 0.188 e. The van der Waals surface area contributed by atoms with Gasteiger partial charge in [0.25, 0.3) is 0 Å². The van der Waals surface area contributed by atoms with Crippen molar-refractivity contribution in [1.29, 1.82) is 0 Å². The highest BCUT2D eigenvalue weighted by atomic mass is 16.3. The lowest BCUT2D eigenvalue weighted by Gasteiger charge is -2.22. The van der Waals surface area contributed by atoms with Crippen LogP contribution in [0.2, 0.25) is 0 Å². The highest BCUT2D eigenvalue weighted by Crippen LogP contribution is 2.53. The van der Waals surface area contributed by atoms with Gasteiger partial charge in [-0.05, 0) is 106 Å². The van der Waals surface area contributed by atoms with Crippen molar-refractivity contribution in [2.75, 3.05) is 0 Å². The highest BCUT2D eigenvalue weighted by molar-refractivity contribution is 6.16. The van der Waals surface area contributed by atoms with E-state index in [1.54, 1.807) is 0 Å². The SMILES string of the molecule is [C-]#[N+]c1ccc2c(c1)c1ccccc1n2-c1ccc2oc3ccc(-n4c5ccc([N+]#[C-])cc5c5c6c(ccc54)-c4ccccc4C6(C)C)cc3c2c1. The second-order valence-electron chi connectivity index (χ2n) is 14.3. The highest BCUT2D eigenvalue weighted by Gasteiger charge is 2.38. The molecule has 0 fully saturated rings. The van der Waals surface area contributed by atoms with Gasteiger partial charge < -0.3 is 13.6 Å². The van der Waals surface area contributed by atoms with Gasteiger partial charge in [0.1, 0.15) is 11.2 Å². The summed E-state index contributed by atoms with van der Waals surface area (Å²) in [6.45, 7) is 20.1. The van der Waals surface area contributed by atoms with Gasteiger partial charge in [0.2, 0.25) is 0 Å². The molecule has 0 amide bonds. The average Bonchev–Trinajstić information content (AvgIpc) is 3.89. The third-order valence-electron chi connectivity index (χ3n) is 11.3. The van der Waals surface area contributed by atoms with Gasteiger partial charge in [0.15, 0.2) is 11.4 Å². The maximum atomic E-state index is 7.85. The molecule has 0 aliphatic heterocycles. The van der Waals surface area contributed by atoms with Crippen molar-refractivity contribution in [1.82, 2.24) is 9.13 Å². The van der Waals surface area contributed by atoms with Crippen LogP contribution in [-0.4, -0.2) is 9.13 Å². The van der Waals surface area contributed by atoms with E-state index in [0.29, 0.717) is 11.4 Å². The Morgan fingerprint density at radius 3 is 1.79 bits per heavy atom. The molecule has 10 aromatic rings. The summed E-state index contributed by atoms with van der Waals surface area (Å²) in [5.41, 5.74) is 14.3. The molecule has 242 valence electrons. The molecule has 5 nitrogen and oxygen atoms in total. The monoisotopic (exact) mass is 664 g/mol. The van der Waals surface area contributed by atoms with Crippen LogP contribution in [0.4, 0.5) is 11.4 Å². The topological polar surface area (TPSA) is 31.7 Å². The number of benzene rings is 7. The van der Waals surface area contributed by atoms with E-state index in [1.807, 2.05) is 18.2 Å². The zero-order valence-corrected chi connectivity index (χ0v) is 28.4. The Morgan fingerprint density at radius 1 is 0.500 bits per heavy atom. The molecule has 0 saturated carbocycles. The van der Waals surface area contributed by atoms with Gasteiger partial charge >= 0.3 is 0 Å². The van der Waals surface area contributed by atoms with Gasteiger partial charge in [-0.25, -0.2) is 9.69 Å². The molecule has 3 heterocycles. The van der Waals surface area contributed by atoms with Crippen molar-refractivity contribution in [2.24, 2.45) is 0 Å². The largest absolute Gasteiger partial charge is 0.456 e. The van der Waals surface area contributed by atoms with Crippen molar-refractivity contribution in [3.63, 3.8) is 0 Å². The lowest BCUT2D eigenvalue weighted by Crippen LogP contribution is -2.15. The summed E-state index contributed by atoms with van der Waals surface area (Å²) in [5, 5.41) is 6.54. The summed E-state index contributed by atoms with van der Waals surface area (Å²) in [6, 6.07) is 46.5. The van der Waals surface area contributed by atoms with Crippen LogP contribution in [0.15, 0.2) is 138 Å². The van der Waals surface area contributed by atoms with Gasteiger partial charge in [-0.1, -0.05) is 74.5 Å². The van der Waals surface area contributed by atoms with Gasteiger partial charge in [-0.3, -0.25) is 0 Å². The minimum atomic E-state index is -0.204. The molecular weight excluding hydrogens is 637 g/mol. The van der Waals surface area contributed by atoms with Crippen LogP contribution in [0, 0.1) is 13.1 Å². The van der Waals surface area contributed by atoms with Crippen LogP contribution in [-0.2, 0) is 5.41 Å². The summed E-state index contributed by atoms with van der Waals surface area (Å²) >= 11 is 0. The van der Waals surface area contributed by atoms with E-state index in [9.17, 15) is 0 Å². The zero-order valence-electron chi connectivity index (χ0n) is 28.4. The molecule has 5 heteroatoms. The molecule has 3 aromatic heterocycles. The Hall–Kier alpha value is -7.08. The molecule has 1 aliphatic carbocycles. The molecule has 52 heavy (non-hydrogen) atoms. The number of rotatable bonds is 2. The Bertz CT molecular complexity index is 3300. The summed E-state index contributed by atoms with van der Waals surface area (Å²) in [6.07, 6.45) is 0. The summed E-state index contributed by atoms with van der Waals surface area (Å²) in [7, 11) is 0. The van der Waals surface area contributed by atoms with Crippen LogP contribution in [0.1, 0.15) is 25.0 Å². The van der Waals surface area contributed by atoms with Gasteiger partial charge in [0.05, 0.1) is 35.2 Å². The van der Waals surface area contributed by atoms with Crippen molar-refractivity contribution < 1.29 is 4.42 Å². The number of hydrogen-bond donors (Lipinski definition) is 0.